The second-order valence-electron chi connectivity index (χ2n) is 8.02. The quantitative estimate of drug-likeness (QED) is 0.500. The highest BCUT2D eigenvalue weighted by molar-refractivity contribution is 5.95. The van der Waals surface area contributed by atoms with Crippen molar-refractivity contribution < 1.29 is 4.79 Å². The number of carbonyl (C=O) groups is 1. The first-order valence-corrected chi connectivity index (χ1v) is 10.7. The minimum Gasteiger partial charge on any atom is -0.353 e. The highest BCUT2D eigenvalue weighted by atomic mass is 16.2. The van der Waals surface area contributed by atoms with E-state index in [-0.39, 0.29) is 5.91 Å². The fourth-order valence-corrected chi connectivity index (χ4v) is 4.29. The topological polar surface area (TPSA) is 65.2 Å². The number of benzene rings is 2. The standard InChI is InChI=1S/C26H23N5O/c1-29-12-4-9-23(29)26(32)31-15-13-30(14-16-31)24-11-10-20-6-3-8-22(25(20)28-24)21-7-2-5-19(17-21)18-27/h2-12,17H,13-16H2,1H3. The van der Waals surface area contributed by atoms with Crippen LogP contribution in [0.3, 0.4) is 0 Å². The summed E-state index contributed by atoms with van der Waals surface area (Å²) in [6, 6.07) is 23.9. The van der Waals surface area contributed by atoms with Gasteiger partial charge in [-0.1, -0.05) is 30.3 Å². The van der Waals surface area contributed by atoms with Crippen molar-refractivity contribution in [2.75, 3.05) is 31.1 Å². The van der Waals surface area contributed by atoms with Crippen molar-refractivity contribution >= 4 is 22.6 Å². The molecule has 6 heteroatoms. The Hall–Kier alpha value is -4.11. The third kappa shape index (κ3) is 3.58. The number of fused-ring (bicyclic) bond motifs is 1. The first-order chi connectivity index (χ1) is 15.6. The highest BCUT2D eigenvalue weighted by Gasteiger charge is 2.24. The molecule has 5 rings (SSSR count). The summed E-state index contributed by atoms with van der Waals surface area (Å²) >= 11 is 0. The molecule has 158 valence electrons. The molecule has 0 N–H and O–H groups in total. The zero-order valence-electron chi connectivity index (χ0n) is 17.9. The van der Waals surface area contributed by atoms with E-state index in [1.807, 2.05) is 77.3 Å². The minimum atomic E-state index is 0.0725. The number of amides is 1. The van der Waals surface area contributed by atoms with Crippen molar-refractivity contribution in [1.82, 2.24) is 14.5 Å². The summed E-state index contributed by atoms with van der Waals surface area (Å²) in [6.45, 7) is 2.80. The Morgan fingerprint density at radius 2 is 1.78 bits per heavy atom. The van der Waals surface area contributed by atoms with Crippen molar-refractivity contribution in [3.63, 3.8) is 0 Å². The zero-order valence-corrected chi connectivity index (χ0v) is 17.9. The molecule has 1 saturated heterocycles. The zero-order chi connectivity index (χ0) is 22.1. The van der Waals surface area contributed by atoms with Gasteiger partial charge in [-0.25, -0.2) is 4.98 Å². The lowest BCUT2D eigenvalue weighted by molar-refractivity contribution is 0.0737. The van der Waals surface area contributed by atoms with Crippen LogP contribution in [-0.4, -0.2) is 46.5 Å². The Morgan fingerprint density at radius 1 is 0.969 bits per heavy atom. The molecule has 1 aliphatic rings. The van der Waals surface area contributed by atoms with Gasteiger partial charge in [0, 0.05) is 50.4 Å². The molecule has 2 aromatic carbocycles. The second-order valence-corrected chi connectivity index (χ2v) is 8.02. The molecule has 0 aliphatic carbocycles. The number of para-hydroxylation sites is 1. The van der Waals surface area contributed by atoms with Crippen LogP contribution in [0.2, 0.25) is 0 Å². The van der Waals surface area contributed by atoms with Crippen LogP contribution >= 0.6 is 0 Å². The van der Waals surface area contributed by atoms with E-state index >= 15 is 0 Å². The van der Waals surface area contributed by atoms with E-state index in [4.69, 9.17) is 4.98 Å². The molecule has 2 aromatic heterocycles. The van der Waals surface area contributed by atoms with E-state index in [1.165, 1.54) is 0 Å². The number of aryl methyl sites for hydroxylation is 1. The molecule has 6 nitrogen and oxygen atoms in total. The molecule has 4 aromatic rings. The summed E-state index contributed by atoms with van der Waals surface area (Å²) in [4.78, 5) is 21.9. The number of hydrogen-bond donors (Lipinski definition) is 0. The average molecular weight is 422 g/mol. The maximum absolute atomic E-state index is 12.8. The summed E-state index contributed by atoms with van der Waals surface area (Å²) in [5.74, 6) is 0.982. The SMILES string of the molecule is Cn1cccc1C(=O)N1CCN(c2ccc3cccc(-c4cccc(C#N)c4)c3n2)CC1. The van der Waals surface area contributed by atoms with Gasteiger partial charge < -0.3 is 14.4 Å². The van der Waals surface area contributed by atoms with Gasteiger partial charge in [-0.2, -0.15) is 5.26 Å². The van der Waals surface area contributed by atoms with Crippen LogP contribution in [0.15, 0.2) is 72.9 Å². The minimum absolute atomic E-state index is 0.0725. The van der Waals surface area contributed by atoms with Crippen molar-refractivity contribution in [2.24, 2.45) is 7.05 Å². The second kappa shape index (κ2) is 8.20. The fraction of sp³-hybridized carbons (Fsp3) is 0.192. The van der Waals surface area contributed by atoms with Crippen molar-refractivity contribution in [3.8, 4) is 17.2 Å². The molecule has 0 spiro atoms. The lowest BCUT2D eigenvalue weighted by Gasteiger charge is -2.35. The lowest BCUT2D eigenvalue weighted by atomic mass is 10.0. The number of anilines is 1. The van der Waals surface area contributed by atoms with Crippen LogP contribution in [-0.2, 0) is 7.05 Å². The number of nitrogens with zero attached hydrogens (tertiary/aromatic N) is 5. The molecule has 3 heterocycles. The molecule has 0 unspecified atom stereocenters. The van der Waals surface area contributed by atoms with Crippen molar-refractivity contribution in [2.45, 2.75) is 0 Å². The molecule has 0 radical (unpaired) electrons. The van der Waals surface area contributed by atoms with E-state index < -0.39 is 0 Å². The number of carbonyl (C=O) groups excluding carboxylic acids is 1. The smallest absolute Gasteiger partial charge is 0.270 e. The maximum atomic E-state index is 12.8. The van der Waals surface area contributed by atoms with Crippen molar-refractivity contribution in [3.05, 3.63) is 84.2 Å². The molecule has 0 atom stereocenters. The fourth-order valence-electron chi connectivity index (χ4n) is 4.29. The van der Waals surface area contributed by atoms with E-state index in [9.17, 15) is 10.1 Å². The first-order valence-electron chi connectivity index (χ1n) is 10.7. The molecular weight excluding hydrogens is 398 g/mol. The first kappa shape index (κ1) is 19.8. The normalized spacial score (nSPS) is 13.9. The molecule has 0 saturated carbocycles. The highest BCUT2D eigenvalue weighted by Crippen LogP contribution is 2.30. The Balaban J connectivity index is 1.40. The number of nitriles is 1. The van der Waals surface area contributed by atoms with Gasteiger partial charge in [-0.3, -0.25) is 4.79 Å². The summed E-state index contributed by atoms with van der Waals surface area (Å²) < 4.78 is 1.86. The summed E-state index contributed by atoms with van der Waals surface area (Å²) in [5.41, 5.74) is 4.26. The lowest BCUT2D eigenvalue weighted by Crippen LogP contribution is -2.49. The van der Waals surface area contributed by atoms with Crippen LogP contribution < -0.4 is 4.90 Å². The Morgan fingerprint density at radius 3 is 2.53 bits per heavy atom. The van der Waals surface area contributed by atoms with E-state index in [1.54, 1.807) is 0 Å². The van der Waals surface area contributed by atoms with Gasteiger partial charge in [-0.15, -0.1) is 0 Å². The molecule has 1 aliphatic heterocycles. The van der Waals surface area contributed by atoms with Crippen LogP contribution in [0.25, 0.3) is 22.0 Å². The van der Waals surface area contributed by atoms with Crippen molar-refractivity contribution in [1.29, 1.82) is 5.26 Å². The number of pyridine rings is 1. The third-order valence-electron chi connectivity index (χ3n) is 6.06. The summed E-state index contributed by atoms with van der Waals surface area (Å²) in [5, 5.41) is 10.3. The maximum Gasteiger partial charge on any atom is 0.270 e. The average Bonchev–Trinajstić information content (AvgIpc) is 3.28. The van der Waals surface area contributed by atoms with Gasteiger partial charge in [-0.05, 0) is 42.0 Å². The number of piperazine rings is 1. The van der Waals surface area contributed by atoms with E-state index in [0.29, 0.717) is 24.3 Å². The Kier molecular flexibility index (Phi) is 5.08. The monoisotopic (exact) mass is 421 g/mol. The van der Waals surface area contributed by atoms with Crippen LogP contribution in [0.4, 0.5) is 5.82 Å². The molecular formula is C26H23N5O. The van der Waals surface area contributed by atoms with Gasteiger partial charge >= 0.3 is 0 Å². The number of rotatable bonds is 3. The predicted molar refractivity (Wildman–Crippen MR) is 125 cm³/mol. The van der Waals surface area contributed by atoms with Crippen LogP contribution in [0, 0.1) is 11.3 Å². The third-order valence-corrected chi connectivity index (χ3v) is 6.06. The molecule has 1 fully saturated rings. The Bertz CT molecular complexity index is 1340. The Labute approximate surface area is 186 Å². The van der Waals surface area contributed by atoms with E-state index in [2.05, 4.69) is 23.1 Å². The van der Waals surface area contributed by atoms with Gasteiger partial charge in [0.25, 0.3) is 5.91 Å². The molecule has 1 amide bonds. The van der Waals surface area contributed by atoms with E-state index in [0.717, 1.165) is 40.9 Å². The van der Waals surface area contributed by atoms with Crippen LogP contribution in [0.5, 0.6) is 0 Å². The molecule has 0 bridgehead atoms. The van der Waals surface area contributed by atoms with Gasteiger partial charge in [0.2, 0.25) is 0 Å². The largest absolute Gasteiger partial charge is 0.353 e. The summed E-state index contributed by atoms with van der Waals surface area (Å²) in [7, 11) is 1.90. The van der Waals surface area contributed by atoms with Gasteiger partial charge in [0.05, 0.1) is 17.1 Å². The van der Waals surface area contributed by atoms with Gasteiger partial charge in [0.1, 0.15) is 11.5 Å². The predicted octanol–water partition coefficient (Wildman–Crippen LogP) is 4.07. The van der Waals surface area contributed by atoms with Crippen LogP contribution in [0.1, 0.15) is 16.1 Å². The molecule has 32 heavy (non-hydrogen) atoms. The summed E-state index contributed by atoms with van der Waals surface area (Å²) in [6.07, 6.45) is 1.90. The number of aromatic nitrogens is 2. The van der Waals surface area contributed by atoms with Gasteiger partial charge in [0.15, 0.2) is 0 Å². The number of hydrogen-bond acceptors (Lipinski definition) is 4.